The summed E-state index contributed by atoms with van der Waals surface area (Å²) < 4.78 is 11.0. The highest BCUT2D eigenvalue weighted by atomic mass is 16.5. The average Bonchev–Trinajstić information content (AvgIpc) is 2.49. The van der Waals surface area contributed by atoms with Gasteiger partial charge < -0.3 is 20.3 Å². The predicted octanol–water partition coefficient (Wildman–Crippen LogP) is 2.36. The zero-order valence-electron chi connectivity index (χ0n) is 13.3. The van der Waals surface area contributed by atoms with Crippen LogP contribution in [0.15, 0.2) is 18.2 Å². The normalized spacial score (nSPS) is 23.8. The lowest BCUT2D eigenvalue weighted by atomic mass is 9.63. The summed E-state index contributed by atoms with van der Waals surface area (Å²) in [5.74, 6) is 0.311. The maximum atomic E-state index is 9.85. The lowest BCUT2D eigenvalue weighted by Gasteiger charge is -2.47. The summed E-state index contributed by atoms with van der Waals surface area (Å²) in [6.45, 7) is 5.46. The van der Waals surface area contributed by atoms with E-state index in [4.69, 9.17) is 15.2 Å². The molecule has 2 rings (SSSR count). The van der Waals surface area contributed by atoms with Crippen molar-refractivity contribution < 1.29 is 14.6 Å². The second kappa shape index (κ2) is 6.77. The van der Waals surface area contributed by atoms with Gasteiger partial charge >= 0.3 is 0 Å². The van der Waals surface area contributed by atoms with Crippen molar-refractivity contribution in [2.75, 3.05) is 20.3 Å². The first-order chi connectivity index (χ1) is 10.1. The highest BCUT2D eigenvalue weighted by Crippen LogP contribution is 2.43. The van der Waals surface area contributed by atoms with E-state index in [9.17, 15) is 5.11 Å². The number of rotatable bonds is 6. The van der Waals surface area contributed by atoms with Crippen molar-refractivity contribution >= 4 is 0 Å². The molecule has 1 aromatic carbocycles. The first-order valence-electron chi connectivity index (χ1n) is 7.77. The summed E-state index contributed by atoms with van der Waals surface area (Å²) in [6.07, 6.45) is 2.66. The highest BCUT2D eigenvalue weighted by Gasteiger charge is 2.45. The Morgan fingerprint density at radius 3 is 2.62 bits per heavy atom. The molecule has 4 nitrogen and oxygen atoms in total. The average molecular weight is 293 g/mol. The van der Waals surface area contributed by atoms with Crippen LogP contribution in [-0.2, 0) is 21.3 Å². The van der Waals surface area contributed by atoms with Gasteiger partial charge in [0.1, 0.15) is 5.75 Å². The quantitative estimate of drug-likeness (QED) is 0.790. The molecule has 0 spiro atoms. The molecule has 1 aliphatic carbocycles. The zero-order valence-corrected chi connectivity index (χ0v) is 13.3. The number of benzene rings is 1. The maximum absolute atomic E-state index is 9.85. The van der Waals surface area contributed by atoms with Gasteiger partial charge in [0.25, 0.3) is 0 Å². The molecule has 0 saturated heterocycles. The number of fused-ring (bicyclic) bond motifs is 1. The van der Waals surface area contributed by atoms with Crippen LogP contribution in [0.1, 0.15) is 37.8 Å². The van der Waals surface area contributed by atoms with Crippen LogP contribution in [0.4, 0.5) is 0 Å². The Hall–Kier alpha value is -1.10. The van der Waals surface area contributed by atoms with Gasteiger partial charge in [-0.15, -0.1) is 0 Å². The van der Waals surface area contributed by atoms with Crippen LogP contribution in [0.2, 0.25) is 0 Å². The van der Waals surface area contributed by atoms with Crippen LogP contribution in [-0.4, -0.2) is 37.6 Å². The molecule has 0 heterocycles. The van der Waals surface area contributed by atoms with Gasteiger partial charge in [0.2, 0.25) is 0 Å². The van der Waals surface area contributed by atoms with Gasteiger partial charge in [-0.25, -0.2) is 0 Å². The lowest BCUT2D eigenvalue weighted by molar-refractivity contribution is -0.0173. The molecule has 3 N–H and O–H groups in total. The van der Waals surface area contributed by atoms with Crippen molar-refractivity contribution in [3.63, 3.8) is 0 Å². The minimum atomic E-state index is -0.135. The summed E-state index contributed by atoms with van der Waals surface area (Å²) in [4.78, 5) is 0. The summed E-state index contributed by atoms with van der Waals surface area (Å²) in [6, 6.07) is 5.56. The van der Waals surface area contributed by atoms with Crippen LogP contribution in [0, 0.1) is 0 Å². The topological polar surface area (TPSA) is 64.7 Å². The second-order valence-electron chi connectivity index (χ2n) is 5.84. The summed E-state index contributed by atoms with van der Waals surface area (Å²) in [5.41, 5.74) is 8.87. The Kier molecular flexibility index (Phi) is 5.25. The maximum Gasteiger partial charge on any atom is 0.115 e. The largest absolute Gasteiger partial charge is 0.508 e. The number of hydrogen-bond acceptors (Lipinski definition) is 4. The fourth-order valence-electron chi connectivity index (χ4n) is 3.63. The lowest BCUT2D eigenvalue weighted by Crippen LogP contribution is -2.57. The van der Waals surface area contributed by atoms with Gasteiger partial charge in [0, 0.05) is 25.0 Å². The van der Waals surface area contributed by atoms with Crippen LogP contribution >= 0.6 is 0 Å². The summed E-state index contributed by atoms with van der Waals surface area (Å²) >= 11 is 0. The van der Waals surface area contributed by atoms with Crippen molar-refractivity contribution in [1.29, 1.82) is 0 Å². The van der Waals surface area contributed by atoms with E-state index in [1.807, 2.05) is 12.1 Å². The number of methoxy groups -OCH3 is 1. The molecule has 4 heteroatoms. The van der Waals surface area contributed by atoms with Gasteiger partial charge in [-0.2, -0.15) is 0 Å². The molecule has 1 aromatic rings. The monoisotopic (exact) mass is 293 g/mol. The third kappa shape index (κ3) is 2.93. The fraction of sp³-hybridized carbons (Fsp3) is 0.647. The van der Waals surface area contributed by atoms with E-state index < -0.39 is 0 Å². The van der Waals surface area contributed by atoms with Crippen molar-refractivity contribution in [1.82, 2.24) is 0 Å². The molecule has 0 unspecified atom stereocenters. The molecular formula is C17H27NO3. The Labute approximate surface area is 127 Å². The highest BCUT2D eigenvalue weighted by molar-refractivity contribution is 5.44. The molecule has 1 aliphatic rings. The van der Waals surface area contributed by atoms with Gasteiger partial charge in [-0.3, -0.25) is 0 Å². The molecule has 2 atom stereocenters. The predicted molar refractivity (Wildman–Crippen MR) is 83.7 cm³/mol. The Morgan fingerprint density at radius 1 is 1.29 bits per heavy atom. The van der Waals surface area contributed by atoms with Crippen molar-refractivity contribution in [2.24, 2.45) is 5.73 Å². The van der Waals surface area contributed by atoms with E-state index in [0.29, 0.717) is 19.0 Å². The zero-order chi connectivity index (χ0) is 15.5. The Bertz CT molecular complexity index is 471. The van der Waals surface area contributed by atoms with E-state index >= 15 is 0 Å². The number of phenolic OH excluding ortho intramolecular Hbond substituents is 1. The van der Waals surface area contributed by atoms with Crippen LogP contribution in [0.25, 0.3) is 0 Å². The molecule has 0 aliphatic heterocycles. The van der Waals surface area contributed by atoms with E-state index in [1.165, 1.54) is 11.1 Å². The smallest absolute Gasteiger partial charge is 0.115 e. The first kappa shape index (κ1) is 16.3. The third-order valence-corrected chi connectivity index (χ3v) is 4.97. The number of phenols is 1. The molecule has 21 heavy (non-hydrogen) atoms. The number of ether oxygens (including phenoxy) is 2. The van der Waals surface area contributed by atoms with Crippen molar-refractivity contribution in [3.05, 3.63) is 29.3 Å². The van der Waals surface area contributed by atoms with E-state index in [2.05, 4.69) is 13.8 Å². The molecule has 0 radical (unpaired) electrons. The van der Waals surface area contributed by atoms with E-state index in [0.717, 1.165) is 19.3 Å². The van der Waals surface area contributed by atoms with Gasteiger partial charge in [-0.1, -0.05) is 19.9 Å². The summed E-state index contributed by atoms with van der Waals surface area (Å²) in [7, 11) is 1.67. The first-order valence-corrected chi connectivity index (χ1v) is 7.77. The van der Waals surface area contributed by atoms with E-state index in [-0.39, 0.29) is 17.6 Å². The van der Waals surface area contributed by atoms with Gasteiger partial charge in [-0.05, 0) is 36.1 Å². The van der Waals surface area contributed by atoms with Gasteiger partial charge in [0.15, 0.2) is 0 Å². The van der Waals surface area contributed by atoms with Crippen LogP contribution in [0.5, 0.6) is 5.75 Å². The number of nitrogens with two attached hydrogens (primary N) is 1. The van der Waals surface area contributed by atoms with Crippen LogP contribution in [0.3, 0.4) is 0 Å². The molecule has 0 saturated carbocycles. The van der Waals surface area contributed by atoms with Crippen LogP contribution < -0.4 is 5.73 Å². The Morgan fingerprint density at radius 2 is 2.00 bits per heavy atom. The molecule has 0 fully saturated rings. The second-order valence-corrected chi connectivity index (χ2v) is 5.84. The third-order valence-electron chi connectivity index (χ3n) is 4.97. The minimum absolute atomic E-state index is 0.00269. The molecule has 0 aromatic heterocycles. The molecule has 0 amide bonds. The van der Waals surface area contributed by atoms with E-state index in [1.54, 1.807) is 13.2 Å². The van der Waals surface area contributed by atoms with Crippen molar-refractivity contribution in [2.45, 2.75) is 50.7 Å². The number of aromatic hydroxyl groups is 1. The molecule has 118 valence electrons. The standard InChI is InChI=1S/C17H27NO3/c1-4-17(5-2)14-11-13(19)7-6-12(14)10-15(16(17)18)21-9-8-20-3/h6-7,11,15-16,19H,4-5,8-10,18H2,1-3H3/t15-,16+/m0/s1. The Balaban J connectivity index is 2.36. The molecular weight excluding hydrogens is 266 g/mol. The molecule has 0 bridgehead atoms. The number of hydrogen-bond donors (Lipinski definition) is 2. The summed E-state index contributed by atoms with van der Waals surface area (Å²) in [5, 5.41) is 9.85. The minimum Gasteiger partial charge on any atom is -0.508 e. The van der Waals surface area contributed by atoms with Crippen molar-refractivity contribution in [3.8, 4) is 5.75 Å². The fourth-order valence-corrected chi connectivity index (χ4v) is 3.63. The SMILES string of the molecule is CCC1(CC)c2cc(O)ccc2C[C@H](OCCOC)[C@H]1N. The van der Waals surface area contributed by atoms with Gasteiger partial charge in [0.05, 0.1) is 19.3 Å².